The minimum Gasteiger partial charge on any atom is -0.493 e. The number of aromatic nitrogens is 1. The lowest BCUT2D eigenvalue weighted by molar-refractivity contribution is -0.180. The lowest BCUT2D eigenvalue weighted by Crippen LogP contribution is -2.45. The van der Waals surface area contributed by atoms with Crippen LogP contribution in [0.2, 0.25) is 0 Å². The van der Waals surface area contributed by atoms with Crippen LogP contribution in [-0.2, 0) is 28.4 Å². The maximum absolute atomic E-state index is 15.7. The molecule has 4 aromatic carbocycles. The van der Waals surface area contributed by atoms with Crippen LogP contribution in [0.3, 0.4) is 0 Å². The fourth-order valence-corrected chi connectivity index (χ4v) is 7.74. The van der Waals surface area contributed by atoms with Gasteiger partial charge in [0.25, 0.3) is 10.1 Å². The summed E-state index contributed by atoms with van der Waals surface area (Å²) in [6, 6.07) is 21.0. The zero-order chi connectivity index (χ0) is 33.5. The van der Waals surface area contributed by atoms with Crippen molar-refractivity contribution in [2.45, 2.75) is 55.2 Å². The Morgan fingerprint density at radius 1 is 0.915 bits per heavy atom. The summed E-state index contributed by atoms with van der Waals surface area (Å²) in [5.41, 5.74) is 1.47. The fourth-order valence-electron chi connectivity index (χ4n) is 7.18. The first-order valence-electron chi connectivity index (χ1n) is 15.0. The molecule has 0 bridgehead atoms. The van der Waals surface area contributed by atoms with Gasteiger partial charge >= 0.3 is 6.18 Å². The van der Waals surface area contributed by atoms with E-state index in [4.69, 9.17) is 4.74 Å². The second kappa shape index (κ2) is 10.8. The second-order valence-electron chi connectivity index (χ2n) is 12.6. The molecule has 0 fully saturated rings. The maximum atomic E-state index is 15.7. The number of aliphatic hydroxyl groups is 1. The molecule has 2 heterocycles. The summed E-state index contributed by atoms with van der Waals surface area (Å²) < 4.78 is 88.8. The Kier molecular flexibility index (Phi) is 7.16. The molecule has 0 radical (unpaired) electrons. The standard InChI is InChI=1S/C36H30F3NO6S/c1-35(2,27-19-22(47(43,44)45)17-21-14-16-46-33(21)27)34(42)32(36(37,38)39)31-26-18-20-7-3-4-8-23(20)24(26)11-12-29(31)40-15-13-30(41)25-9-5-6-10-28(25)40/h3-13,15,17,19,32,34,42H,14,16,18H2,1-2H3,(H,43,44,45). The van der Waals surface area contributed by atoms with Crippen molar-refractivity contribution in [2.75, 3.05) is 6.61 Å². The quantitative estimate of drug-likeness (QED) is 0.192. The van der Waals surface area contributed by atoms with Crippen molar-refractivity contribution >= 4 is 21.0 Å². The van der Waals surface area contributed by atoms with Gasteiger partial charge in [-0.1, -0.05) is 56.3 Å². The molecule has 7 rings (SSSR count). The first kappa shape index (κ1) is 31.2. The summed E-state index contributed by atoms with van der Waals surface area (Å²) in [5.74, 6) is -2.28. The molecule has 0 spiro atoms. The highest BCUT2D eigenvalue weighted by Crippen LogP contribution is 2.52. The van der Waals surface area contributed by atoms with Crippen LogP contribution in [-0.4, -0.2) is 41.5 Å². The Morgan fingerprint density at radius 2 is 1.64 bits per heavy atom. The molecule has 0 saturated heterocycles. The smallest absolute Gasteiger partial charge is 0.398 e. The zero-order valence-electron chi connectivity index (χ0n) is 25.4. The van der Waals surface area contributed by atoms with Gasteiger partial charge in [-0.3, -0.25) is 9.35 Å². The Bertz CT molecular complexity index is 2260. The average molecular weight is 662 g/mol. The number of ether oxygens (including phenoxy) is 1. The van der Waals surface area contributed by atoms with Gasteiger partial charge in [0.15, 0.2) is 5.43 Å². The number of rotatable bonds is 6. The van der Waals surface area contributed by atoms with Gasteiger partial charge in [-0.05, 0) is 70.1 Å². The van der Waals surface area contributed by atoms with Gasteiger partial charge in [0.1, 0.15) is 11.7 Å². The first-order chi connectivity index (χ1) is 22.2. The van der Waals surface area contributed by atoms with Crippen LogP contribution in [0, 0.1) is 0 Å². The van der Waals surface area contributed by atoms with E-state index >= 15 is 13.2 Å². The van der Waals surface area contributed by atoms with Crippen LogP contribution in [0.15, 0.2) is 94.7 Å². The largest absolute Gasteiger partial charge is 0.493 e. The minimum absolute atomic E-state index is 0.0353. The molecule has 5 aromatic rings. The van der Waals surface area contributed by atoms with Crippen LogP contribution in [0.5, 0.6) is 5.75 Å². The van der Waals surface area contributed by atoms with Crippen LogP contribution >= 0.6 is 0 Å². The Hall–Kier alpha value is -4.45. The summed E-state index contributed by atoms with van der Waals surface area (Å²) in [7, 11) is -4.73. The van der Waals surface area contributed by atoms with E-state index in [-0.39, 0.29) is 47.4 Å². The highest BCUT2D eigenvalue weighted by atomic mass is 32.2. The van der Waals surface area contributed by atoms with Crippen molar-refractivity contribution in [3.8, 4) is 22.6 Å². The van der Waals surface area contributed by atoms with E-state index in [1.165, 1.54) is 32.2 Å². The number of hydrogen-bond acceptors (Lipinski definition) is 5. The topological polar surface area (TPSA) is 106 Å². The molecule has 0 amide bonds. The third-order valence-corrected chi connectivity index (χ3v) is 10.4. The molecule has 242 valence electrons. The van der Waals surface area contributed by atoms with Gasteiger partial charge in [-0.25, -0.2) is 0 Å². The number of benzene rings is 4. The molecule has 2 N–H and O–H groups in total. The lowest BCUT2D eigenvalue weighted by atomic mass is 9.70. The maximum Gasteiger partial charge on any atom is 0.398 e. The third-order valence-electron chi connectivity index (χ3n) is 9.54. The number of aliphatic hydroxyl groups excluding tert-OH is 1. The van der Waals surface area contributed by atoms with Crippen LogP contribution in [0.4, 0.5) is 13.2 Å². The summed E-state index contributed by atoms with van der Waals surface area (Å²) in [4.78, 5) is 12.3. The van der Waals surface area contributed by atoms with Gasteiger partial charge in [-0.15, -0.1) is 0 Å². The highest BCUT2D eigenvalue weighted by molar-refractivity contribution is 7.85. The van der Waals surface area contributed by atoms with Crippen molar-refractivity contribution in [1.82, 2.24) is 4.57 Å². The SMILES string of the molecule is CC(C)(c1cc(S(=O)(=O)O)cc2c1OCC2)C(O)C(c1c(-n2ccc(=O)c3ccccc32)ccc2c1Cc1ccccc1-2)C(F)(F)F. The summed E-state index contributed by atoms with van der Waals surface area (Å²) >= 11 is 0. The van der Waals surface area contributed by atoms with E-state index in [2.05, 4.69) is 0 Å². The van der Waals surface area contributed by atoms with Crippen molar-refractivity contribution in [3.05, 3.63) is 123 Å². The molecule has 1 aliphatic carbocycles. The Morgan fingerprint density at radius 3 is 2.38 bits per heavy atom. The van der Waals surface area contributed by atoms with Crippen molar-refractivity contribution in [3.63, 3.8) is 0 Å². The Labute approximate surface area is 268 Å². The third kappa shape index (κ3) is 5.04. The number of hydrogen-bond donors (Lipinski definition) is 2. The molecule has 2 aliphatic rings. The number of nitrogens with zero attached hydrogens (tertiary/aromatic N) is 1. The predicted octanol–water partition coefficient (Wildman–Crippen LogP) is 6.73. The number of alkyl halides is 3. The van der Waals surface area contributed by atoms with E-state index in [0.29, 0.717) is 27.6 Å². The van der Waals surface area contributed by atoms with Crippen LogP contribution < -0.4 is 10.2 Å². The number of para-hydroxylation sites is 1. The molecule has 1 aromatic heterocycles. The fraction of sp³-hybridized carbons (Fsp3) is 0.250. The number of pyridine rings is 1. The minimum atomic E-state index is -4.99. The van der Waals surface area contributed by atoms with Gasteiger partial charge in [0, 0.05) is 40.7 Å². The summed E-state index contributed by atoms with van der Waals surface area (Å²) in [5, 5.41) is 12.5. The van der Waals surface area contributed by atoms with Gasteiger partial charge < -0.3 is 14.4 Å². The predicted molar refractivity (Wildman–Crippen MR) is 171 cm³/mol. The molecule has 1 aliphatic heterocycles. The van der Waals surface area contributed by atoms with E-state index in [1.54, 1.807) is 41.0 Å². The van der Waals surface area contributed by atoms with Crippen molar-refractivity contribution in [1.29, 1.82) is 0 Å². The normalized spacial score (nSPS) is 15.6. The van der Waals surface area contributed by atoms with E-state index in [9.17, 15) is 22.9 Å². The molecule has 2 atom stereocenters. The highest BCUT2D eigenvalue weighted by Gasteiger charge is 2.54. The van der Waals surface area contributed by atoms with Gasteiger partial charge in [0.2, 0.25) is 0 Å². The van der Waals surface area contributed by atoms with Crippen LogP contribution in [0.1, 0.15) is 47.6 Å². The molecular formula is C36H30F3NO6S. The molecule has 47 heavy (non-hydrogen) atoms. The number of halogens is 3. The zero-order valence-corrected chi connectivity index (χ0v) is 26.2. The first-order valence-corrected chi connectivity index (χ1v) is 16.5. The molecule has 2 unspecified atom stereocenters. The molecule has 11 heteroatoms. The number of fused-ring (bicyclic) bond motifs is 5. The summed E-state index contributed by atoms with van der Waals surface area (Å²) in [6.07, 6.45) is -5.24. The van der Waals surface area contributed by atoms with E-state index in [1.807, 2.05) is 24.3 Å². The molecule has 0 saturated carbocycles. The molecular weight excluding hydrogens is 631 g/mol. The molecule has 7 nitrogen and oxygen atoms in total. The van der Waals surface area contributed by atoms with Crippen LogP contribution in [0.25, 0.3) is 27.7 Å². The lowest BCUT2D eigenvalue weighted by Gasteiger charge is -2.39. The van der Waals surface area contributed by atoms with Gasteiger partial charge in [-0.2, -0.15) is 21.6 Å². The second-order valence-corrected chi connectivity index (χ2v) is 14.1. The Balaban J connectivity index is 1.51. The van der Waals surface area contributed by atoms with E-state index in [0.717, 1.165) is 17.2 Å². The monoisotopic (exact) mass is 661 g/mol. The van der Waals surface area contributed by atoms with Crippen molar-refractivity contribution in [2.24, 2.45) is 0 Å². The summed E-state index contributed by atoms with van der Waals surface area (Å²) in [6.45, 7) is 2.99. The average Bonchev–Trinajstić information content (AvgIpc) is 3.65. The van der Waals surface area contributed by atoms with E-state index < -0.39 is 38.6 Å². The van der Waals surface area contributed by atoms with Crippen molar-refractivity contribution < 1.29 is 36.0 Å². The van der Waals surface area contributed by atoms with Gasteiger partial charge in [0.05, 0.1) is 23.1 Å².